The van der Waals surface area contributed by atoms with Crippen LogP contribution in [0.5, 0.6) is 5.75 Å². The van der Waals surface area contributed by atoms with Crippen LogP contribution in [0, 0.1) is 0 Å². The minimum absolute atomic E-state index is 0.347. The summed E-state index contributed by atoms with van der Waals surface area (Å²) in [7, 11) is 3.01. The van der Waals surface area contributed by atoms with Gasteiger partial charge in [-0.25, -0.2) is 4.79 Å². The minimum atomic E-state index is -0.347. The van der Waals surface area contributed by atoms with E-state index in [-0.39, 0.29) is 5.97 Å². The molecule has 0 aliphatic heterocycles. The quantitative estimate of drug-likeness (QED) is 0.451. The average molecular weight is 284 g/mol. The summed E-state index contributed by atoms with van der Waals surface area (Å²) in [6.07, 6.45) is 12.9. The summed E-state index contributed by atoms with van der Waals surface area (Å²) in [6.45, 7) is 1.84. The maximum atomic E-state index is 11.0. The number of ether oxygens (including phenoxy) is 2. The molecular formula is C18H20O3. The molecule has 110 valence electrons. The summed E-state index contributed by atoms with van der Waals surface area (Å²) < 4.78 is 9.64. The highest BCUT2D eigenvalue weighted by Crippen LogP contribution is 2.12. The third-order valence-electron chi connectivity index (χ3n) is 2.64. The van der Waals surface area contributed by atoms with E-state index < -0.39 is 0 Å². The van der Waals surface area contributed by atoms with E-state index in [1.165, 1.54) is 13.2 Å². The van der Waals surface area contributed by atoms with Crippen molar-refractivity contribution < 1.29 is 14.3 Å². The average Bonchev–Trinajstić information content (AvgIpc) is 2.51. The monoisotopic (exact) mass is 284 g/mol. The van der Waals surface area contributed by atoms with E-state index in [1.807, 2.05) is 67.6 Å². The molecule has 1 rings (SSSR count). The first kappa shape index (κ1) is 16.5. The molecule has 21 heavy (non-hydrogen) atoms. The molecule has 0 aliphatic carbocycles. The Kier molecular flexibility index (Phi) is 7.36. The Balaban J connectivity index is 2.48. The van der Waals surface area contributed by atoms with Crippen LogP contribution in [-0.2, 0) is 9.53 Å². The maximum Gasteiger partial charge on any atom is 0.330 e. The first-order chi connectivity index (χ1) is 10.2. The van der Waals surface area contributed by atoms with E-state index in [0.717, 1.165) is 16.9 Å². The first-order valence-electron chi connectivity index (χ1n) is 6.57. The van der Waals surface area contributed by atoms with E-state index in [4.69, 9.17) is 4.74 Å². The molecule has 0 unspecified atom stereocenters. The number of carbonyl (C=O) groups excluding carboxylic acids is 1. The molecule has 0 atom stereocenters. The third-order valence-corrected chi connectivity index (χ3v) is 2.64. The molecule has 3 heteroatoms. The summed E-state index contributed by atoms with van der Waals surface area (Å²) in [5.74, 6) is 0.499. The van der Waals surface area contributed by atoms with Crippen molar-refractivity contribution in [2.45, 2.75) is 6.92 Å². The molecule has 0 saturated heterocycles. The fraction of sp³-hybridized carbons (Fsp3) is 0.167. The predicted octanol–water partition coefficient (Wildman–Crippen LogP) is 3.94. The smallest absolute Gasteiger partial charge is 0.330 e. The van der Waals surface area contributed by atoms with Gasteiger partial charge < -0.3 is 9.47 Å². The van der Waals surface area contributed by atoms with Crippen molar-refractivity contribution in [1.82, 2.24) is 0 Å². The Morgan fingerprint density at radius 3 is 2.29 bits per heavy atom. The van der Waals surface area contributed by atoms with E-state index >= 15 is 0 Å². The number of carbonyl (C=O) groups is 1. The molecule has 0 spiro atoms. The fourth-order valence-electron chi connectivity index (χ4n) is 1.51. The van der Waals surface area contributed by atoms with Crippen molar-refractivity contribution in [1.29, 1.82) is 0 Å². The normalized spacial score (nSPS) is 12.4. The number of hydrogen-bond donors (Lipinski definition) is 0. The predicted molar refractivity (Wildman–Crippen MR) is 86.1 cm³/mol. The highest BCUT2D eigenvalue weighted by atomic mass is 16.5. The van der Waals surface area contributed by atoms with Gasteiger partial charge in [0, 0.05) is 6.08 Å². The van der Waals surface area contributed by atoms with Gasteiger partial charge in [-0.05, 0) is 30.2 Å². The van der Waals surface area contributed by atoms with Crippen LogP contribution in [0.2, 0.25) is 0 Å². The number of hydrogen-bond acceptors (Lipinski definition) is 3. The van der Waals surface area contributed by atoms with Crippen LogP contribution in [0.15, 0.2) is 66.3 Å². The van der Waals surface area contributed by atoms with Crippen LogP contribution < -0.4 is 4.74 Å². The zero-order chi connectivity index (χ0) is 15.5. The zero-order valence-corrected chi connectivity index (χ0v) is 12.6. The molecule has 0 heterocycles. The molecule has 0 fully saturated rings. The number of benzene rings is 1. The number of esters is 1. The Morgan fingerprint density at radius 1 is 1.00 bits per heavy atom. The second kappa shape index (κ2) is 9.37. The number of allylic oxidation sites excluding steroid dienone is 6. The molecule has 0 N–H and O–H groups in total. The number of methoxy groups -OCH3 is 2. The van der Waals surface area contributed by atoms with Crippen LogP contribution in [0.25, 0.3) is 6.08 Å². The lowest BCUT2D eigenvalue weighted by atomic mass is 10.2. The van der Waals surface area contributed by atoms with Gasteiger partial charge in [-0.1, -0.05) is 48.6 Å². The van der Waals surface area contributed by atoms with Crippen molar-refractivity contribution in [2.75, 3.05) is 14.2 Å². The van der Waals surface area contributed by atoms with E-state index in [2.05, 4.69) is 4.74 Å². The lowest BCUT2D eigenvalue weighted by molar-refractivity contribution is -0.134. The lowest BCUT2D eigenvalue weighted by Crippen LogP contribution is -1.94. The molecule has 0 saturated carbocycles. The first-order valence-corrected chi connectivity index (χ1v) is 6.57. The second-order valence-electron chi connectivity index (χ2n) is 4.29. The van der Waals surface area contributed by atoms with Gasteiger partial charge in [0.05, 0.1) is 14.2 Å². The molecule has 0 aromatic heterocycles. The van der Waals surface area contributed by atoms with Crippen molar-refractivity contribution in [3.05, 3.63) is 71.9 Å². The standard InChI is InChI=1S/C18H20O3/c1-15(14-18(19)21-3)8-6-4-5-7-9-16-10-12-17(20-2)13-11-16/h4-14H,1-3H3/b5-4+,8-6+,9-7+,15-14+. The van der Waals surface area contributed by atoms with Crippen LogP contribution in [0.3, 0.4) is 0 Å². The van der Waals surface area contributed by atoms with E-state index in [9.17, 15) is 4.79 Å². The largest absolute Gasteiger partial charge is 0.497 e. The molecule has 0 aliphatic rings. The molecule has 0 radical (unpaired) electrons. The molecular weight excluding hydrogens is 264 g/mol. The summed E-state index contributed by atoms with van der Waals surface area (Å²) in [5.41, 5.74) is 1.94. The van der Waals surface area contributed by atoms with Gasteiger partial charge in [-0.3, -0.25) is 0 Å². The van der Waals surface area contributed by atoms with E-state index in [0.29, 0.717) is 0 Å². The Morgan fingerprint density at radius 2 is 1.67 bits per heavy atom. The SMILES string of the molecule is COC(=O)/C=C(C)/C=C/C=C/C=C/c1ccc(OC)cc1. The van der Waals surface area contributed by atoms with Crippen LogP contribution in [-0.4, -0.2) is 20.2 Å². The van der Waals surface area contributed by atoms with Crippen molar-refractivity contribution in [2.24, 2.45) is 0 Å². The molecule has 0 amide bonds. The van der Waals surface area contributed by atoms with Gasteiger partial charge in [-0.2, -0.15) is 0 Å². The molecule has 0 bridgehead atoms. The fourth-order valence-corrected chi connectivity index (χ4v) is 1.51. The van der Waals surface area contributed by atoms with Gasteiger partial charge in [-0.15, -0.1) is 0 Å². The van der Waals surface area contributed by atoms with Crippen molar-refractivity contribution >= 4 is 12.0 Å². The third kappa shape index (κ3) is 6.97. The zero-order valence-electron chi connectivity index (χ0n) is 12.6. The molecule has 1 aromatic carbocycles. The summed E-state index contributed by atoms with van der Waals surface area (Å²) in [6, 6.07) is 7.82. The van der Waals surface area contributed by atoms with Gasteiger partial charge in [0.25, 0.3) is 0 Å². The van der Waals surface area contributed by atoms with Crippen LogP contribution in [0.1, 0.15) is 12.5 Å². The molecule has 1 aromatic rings. The highest BCUT2D eigenvalue weighted by molar-refractivity contribution is 5.83. The Bertz CT molecular complexity index is 561. The summed E-state index contributed by atoms with van der Waals surface area (Å²) in [5, 5.41) is 0. The molecule has 3 nitrogen and oxygen atoms in total. The van der Waals surface area contributed by atoms with Crippen LogP contribution in [0.4, 0.5) is 0 Å². The topological polar surface area (TPSA) is 35.5 Å². The van der Waals surface area contributed by atoms with E-state index in [1.54, 1.807) is 7.11 Å². The second-order valence-corrected chi connectivity index (χ2v) is 4.29. The van der Waals surface area contributed by atoms with Crippen molar-refractivity contribution in [3.8, 4) is 5.75 Å². The van der Waals surface area contributed by atoms with Gasteiger partial charge >= 0.3 is 5.97 Å². The Labute approximate surface area is 125 Å². The van der Waals surface area contributed by atoms with Gasteiger partial charge in [0.2, 0.25) is 0 Å². The minimum Gasteiger partial charge on any atom is -0.497 e. The van der Waals surface area contributed by atoms with Crippen LogP contribution >= 0.6 is 0 Å². The number of rotatable bonds is 6. The van der Waals surface area contributed by atoms with Gasteiger partial charge in [0.1, 0.15) is 5.75 Å². The Hall–Kier alpha value is -2.55. The van der Waals surface area contributed by atoms with Crippen molar-refractivity contribution in [3.63, 3.8) is 0 Å². The summed E-state index contributed by atoms with van der Waals surface area (Å²) in [4.78, 5) is 11.0. The lowest BCUT2D eigenvalue weighted by Gasteiger charge is -1.98. The summed E-state index contributed by atoms with van der Waals surface area (Å²) >= 11 is 0. The highest BCUT2D eigenvalue weighted by Gasteiger charge is 1.91. The van der Waals surface area contributed by atoms with Gasteiger partial charge in [0.15, 0.2) is 0 Å². The maximum absolute atomic E-state index is 11.0.